The Hall–Kier alpha value is 0.268. The van der Waals surface area contributed by atoms with E-state index in [9.17, 15) is 0 Å². The molecule has 0 aliphatic heterocycles. The van der Waals surface area contributed by atoms with E-state index in [1.165, 1.54) is 0 Å². The molecule has 0 bridgehead atoms. The smallest absolute Gasteiger partial charge is 0.192 e. The van der Waals surface area contributed by atoms with Gasteiger partial charge in [-0.1, -0.05) is 111 Å². The van der Waals surface area contributed by atoms with Gasteiger partial charge in [-0.05, 0) is 98.2 Å². The second kappa shape index (κ2) is 35.8. The SMILES string of the molecule is CCC(CC)OOCC(COOC(CC)CC)OCCOCCOC(COCCOC(CO[Si](C)(C)C(C)(C)C)CO[Si](C)(C)C(C)(C)C)COCCOC(CO[Si](C)(C)C(C)(C)C)CO[Si](C)(C)C(C)(C)C. The van der Waals surface area contributed by atoms with Crippen molar-refractivity contribution in [3.63, 3.8) is 0 Å². The summed E-state index contributed by atoms with van der Waals surface area (Å²) in [6.45, 7) is 59.3. The summed E-state index contributed by atoms with van der Waals surface area (Å²) >= 11 is 0. The van der Waals surface area contributed by atoms with Crippen LogP contribution >= 0.6 is 0 Å². The molecular formula is C54H118O15Si4. The average Bonchev–Trinajstić information content (AvgIpc) is 3.27. The summed E-state index contributed by atoms with van der Waals surface area (Å²) in [4.78, 5) is 22.2. The number of rotatable bonds is 44. The van der Waals surface area contributed by atoms with Crippen molar-refractivity contribution < 1.29 is 70.4 Å². The molecule has 0 N–H and O–H groups in total. The highest BCUT2D eigenvalue weighted by molar-refractivity contribution is 6.75. The van der Waals surface area contributed by atoms with Crippen molar-refractivity contribution in [2.75, 3.05) is 106 Å². The summed E-state index contributed by atoms with van der Waals surface area (Å²) < 4.78 is 70.1. The van der Waals surface area contributed by atoms with Crippen molar-refractivity contribution in [3.8, 4) is 0 Å². The van der Waals surface area contributed by atoms with Crippen LogP contribution in [0.3, 0.4) is 0 Å². The van der Waals surface area contributed by atoms with E-state index in [0.29, 0.717) is 92.5 Å². The first-order valence-electron chi connectivity index (χ1n) is 27.9. The minimum Gasteiger partial charge on any atom is -0.414 e. The van der Waals surface area contributed by atoms with Gasteiger partial charge >= 0.3 is 0 Å². The lowest BCUT2D eigenvalue weighted by Gasteiger charge is -2.39. The van der Waals surface area contributed by atoms with Crippen molar-refractivity contribution in [3.05, 3.63) is 0 Å². The van der Waals surface area contributed by atoms with Crippen LogP contribution < -0.4 is 0 Å². The van der Waals surface area contributed by atoms with E-state index in [4.69, 9.17) is 70.4 Å². The molecule has 0 spiro atoms. The average molecular weight is 1120 g/mol. The van der Waals surface area contributed by atoms with Crippen LogP contribution in [0, 0.1) is 0 Å². The van der Waals surface area contributed by atoms with Gasteiger partial charge < -0.3 is 50.9 Å². The van der Waals surface area contributed by atoms with Gasteiger partial charge in [0.2, 0.25) is 0 Å². The van der Waals surface area contributed by atoms with E-state index in [1.54, 1.807) is 0 Å². The molecule has 0 heterocycles. The van der Waals surface area contributed by atoms with Gasteiger partial charge in [0.1, 0.15) is 37.6 Å². The summed E-state index contributed by atoms with van der Waals surface area (Å²) in [6.07, 6.45) is 2.30. The molecule has 0 amide bonds. The Morgan fingerprint density at radius 2 is 0.493 bits per heavy atom. The van der Waals surface area contributed by atoms with E-state index >= 15 is 0 Å². The molecule has 0 aromatic carbocycles. The maximum Gasteiger partial charge on any atom is 0.192 e. The molecule has 0 aliphatic rings. The minimum atomic E-state index is -2.00. The third-order valence-corrected chi connectivity index (χ3v) is 33.4. The summed E-state index contributed by atoms with van der Waals surface area (Å²) in [7, 11) is -8.02. The van der Waals surface area contributed by atoms with Crippen LogP contribution in [-0.4, -0.2) is 176 Å². The molecule has 0 aliphatic carbocycles. The van der Waals surface area contributed by atoms with Gasteiger partial charge in [0.15, 0.2) is 33.3 Å². The summed E-state index contributed by atoms with van der Waals surface area (Å²) in [5.74, 6) is 0. The van der Waals surface area contributed by atoms with Gasteiger partial charge in [0, 0.05) is 0 Å². The Morgan fingerprint density at radius 3 is 0.726 bits per heavy atom. The van der Waals surface area contributed by atoms with E-state index in [1.807, 2.05) is 0 Å². The summed E-state index contributed by atoms with van der Waals surface area (Å²) in [5, 5.41) is 0.337. The zero-order valence-electron chi connectivity index (χ0n) is 51.7. The standard InChI is InChI=1S/C54H118O15Si4/c1-25-45(26-2)68-62-39-48(40-63-69-46(27-3)28-4)59-34-30-55-29-33-58-47(37-56-31-35-60-49(41-64-70(17,18)51(5,6)7)42-65-71(19,20)52(8,9)10)38-57-32-36-61-50(43-66-72(21,22)53(11,12)13)44-67-73(23,24)54(14,15)16/h45-50H,25-44H2,1-24H3. The van der Waals surface area contributed by atoms with E-state index in [2.05, 4.69) is 163 Å². The van der Waals surface area contributed by atoms with Crippen molar-refractivity contribution >= 4 is 33.3 Å². The predicted molar refractivity (Wildman–Crippen MR) is 307 cm³/mol. The second-order valence-corrected chi connectivity index (χ2v) is 44.9. The zero-order valence-corrected chi connectivity index (χ0v) is 55.7. The highest BCUT2D eigenvalue weighted by atomic mass is 28.4. The largest absolute Gasteiger partial charge is 0.414 e. The summed E-state index contributed by atoms with van der Waals surface area (Å²) in [6, 6.07) is 0. The van der Waals surface area contributed by atoms with Gasteiger partial charge in [0.25, 0.3) is 0 Å². The lowest BCUT2D eigenvalue weighted by Crippen LogP contribution is -2.46. The maximum absolute atomic E-state index is 6.63. The van der Waals surface area contributed by atoms with Crippen molar-refractivity contribution in [2.24, 2.45) is 0 Å². The van der Waals surface area contributed by atoms with Crippen LogP contribution in [0.1, 0.15) is 136 Å². The van der Waals surface area contributed by atoms with Crippen LogP contribution in [0.5, 0.6) is 0 Å². The third kappa shape index (κ3) is 31.6. The number of hydrogen-bond acceptors (Lipinski definition) is 15. The quantitative estimate of drug-likeness (QED) is 0.0247. The first-order chi connectivity index (χ1) is 33.6. The molecule has 0 saturated heterocycles. The Morgan fingerprint density at radius 1 is 0.274 bits per heavy atom. The molecule has 0 aromatic rings. The van der Waals surface area contributed by atoms with Crippen molar-refractivity contribution in [2.45, 2.75) is 246 Å². The van der Waals surface area contributed by atoms with Crippen LogP contribution in [0.2, 0.25) is 72.5 Å². The molecule has 0 radical (unpaired) electrons. The lowest BCUT2D eigenvalue weighted by atomic mass is 10.2. The Bertz CT molecular complexity index is 1210. The third-order valence-electron chi connectivity index (χ3n) is 15.4. The fourth-order valence-corrected chi connectivity index (χ4v) is 9.69. The van der Waals surface area contributed by atoms with E-state index < -0.39 is 39.4 Å². The Labute approximate surface area is 453 Å². The normalized spacial score (nSPS) is 14.2. The Balaban J connectivity index is 5.75. The van der Waals surface area contributed by atoms with Crippen molar-refractivity contribution in [1.82, 2.24) is 0 Å². The van der Waals surface area contributed by atoms with Crippen LogP contribution in [0.4, 0.5) is 0 Å². The van der Waals surface area contributed by atoms with Crippen LogP contribution in [-0.2, 0) is 70.4 Å². The fraction of sp³-hybridized carbons (Fsp3) is 1.00. The molecule has 15 nitrogen and oxygen atoms in total. The first-order valence-corrected chi connectivity index (χ1v) is 39.5. The molecular weight excluding hydrogens is 1000 g/mol. The molecule has 440 valence electrons. The van der Waals surface area contributed by atoms with Crippen molar-refractivity contribution in [1.29, 1.82) is 0 Å². The lowest BCUT2D eigenvalue weighted by molar-refractivity contribution is -0.360. The maximum atomic E-state index is 6.63. The summed E-state index contributed by atoms with van der Waals surface area (Å²) in [5.41, 5.74) is 0. The van der Waals surface area contributed by atoms with Gasteiger partial charge in [0.05, 0.1) is 105 Å². The fourth-order valence-electron chi connectivity index (χ4n) is 5.55. The molecule has 0 unspecified atom stereocenters. The van der Waals surface area contributed by atoms with E-state index in [-0.39, 0.29) is 63.9 Å². The van der Waals surface area contributed by atoms with Gasteiger partial charge in [-0.3, -0.25) is 0 Å². The van der Waals surface area contributed by atoms with Gasteiger partial charge in [-0.15, -0.1) is 0 Å². The molecule has 0 atom stereocenters. The predicted octanol–water partition coefficient (Wildman–Crippen LogP) is 12.9. The van der Waals surface area contributed by atoms with Crippen LogP contribution in [0.15, 0.2) is 0 Å². The molecule has 19 heteroatoms. The van der Waals surface area contributed by atoms with E-state index in [0.717, 1.165) is 25.7 Å². The molecule has 0 fully saturated rings. The van der Waals surface area contributed by atoms with Gasteiger partial charge in [-0.2, -0.15) is 0 Å². The molecule has 0 rings (SSSR count). The Kier molecular flexibility index (Phi) is 35.9. The zero-order chi connectivity index (χ0) is 56.2. The van der Waals surface area contributed by atoms with Crippen LogP contribution in [0.25, 0.3) is 0 Å². The van der Waals surface area contributed by atoms with Gasteiger partial charge in [-0.25, -0.2) is 19.6 Å². The highest BCUT2D eigenvalue weighted by Gasteiger charge is 2.41. The monoisotopic (exact) mass is 1120 g/mol. The number of hydrogen-bond donors (Lipinski definition) is 0. The first kappa shape index (κ1) is 73.3. The second-order valence-electron chi connectivity index (χ2n) is 25.7. The number of ether oxygens (including phenoxy) is 7. The molecule has 0 saturated carbocycles. The minimum absolute atomic E-state index is 0.0248. The topological polar surface area (TPSA) is 138 Å². The molecule has 73 heavy (non-hydrogen) atoms. The highest BCUT2D eigenvalue weighted by Crippen LogP contribution is 2.40. The molecule has 0 aromatic heterocycles.